The van der Waals surface area contributed by atoms with Gasteiger partial charge in [-0.15, -0.1) is 0 Å². The highest BCUT2D eigenvalue weighted by Gasteiger charge is 2.29. The van der Waals surface area contributed by atoms with E-state index in [2.05, 4.69) is 24.1 Å². The summed E-state index contributed by atoms with van der Waals surface area (Å²) in [6.45, 7) is 7.36. The third kappa shape index (κ3) is 4.72. The number of nitrogens with one attached hydrogen (secondary N) is 1. The second kappa shape index (κ2) is 8.79. The number of morpholine rings is 1. The van der Waals surface area contributed by atoms with Crippen LogP contribution in [0.3, 0.4) is 0 Å². The number of nitrogens with zero attached hydrogens (tertiary/aromatic N) is 4. The molecule has 0 amide bonds. The van der Waals surface area contributed by atoms with Crippen molar-refractivity contribution in [2.75, 3.05) is 43.2 Å². The van der Waals surface area contributed by atoms with Gasteiger partial charge in [-0.2, -0.15) is 0 Å². The second-order valence-electron chi connectivity index (χ2n) is 6.78. The average molecular weight is 371 g/mol. The molecule has 1 aliphatic heterocycles. The van der Waals surface area contributed by atoms with E-state index in [1.165, 1.54) is 6.07 Å². The number of rotatable bonds is 7. The van der Waals surface area contributed by atoms with E-state index in [-0.39, 0.29) is 10.6 Å². The predicted molar refractivity (Wildman–Crippen MR) is 105 cm³/mol. The maximum atomic E-state index is 11.7. The normalized spacial score (nSPS) is 14.9. The van der Waals surface area contributed by atoms with E-state index in [1.807, 2.05) is 40.3 Å². The second-order valence-corrected chi connectivity index (χ2v) is 6.78. The Kier molecular flexibility index (Phi) is 6.20. The third-order valence-corrected chi connectivity index (χ3v) is 4.21. The highest BCUT2D eigenvalue weighted by atomic mass is 16.6. The number of nitro groups is 1. The monoisotopic (exact) mass is 371 g/mol. The molecule has 0 radical (unpaired) electrons. The summed E-state index contributed by atoms with van der Waals surface area (Å²) in [7, 11) is 0. The lowest BCUT2D eigenvalue weighted by atomic mass is 10.2. The van der Waals surface area contributed by atoms with Gasteiger partial charge in [0, 0.05) is 25.7 Å². The van der Waals surface area contributed by atoms with E-state index in [1.54, 1.807) is 6.07 Å². The minimum Gasteiger partial charge on any atom is -0.379 e. The van der Waals surface area contributed by atoms with Crippen molar-refractivity contribution < 1.29 is 9.66 Å². The zero-order chi connectivity index (χ0) is 19.2. The van der Waals surface area contributed by atoms with Crippen LogP contribution in [0, 0.1) is 16.0 Å². The minimum atomic E-state index is -0.384. The number of hydrogen-bond donors (Lipinski definition) is 1. The van der Waals surface area contributed by atoms with Gasteiger partial charge in [0.1, 0.15) is 5.82 Å². The topological polar surface area (TPSA) is 83.8 Å². The van der Waals surface area contributed by atoms with Crippen LogP contribution in [0.2, 0.25) is 0 Å². The lowest BCUT2D eigenvalue weighted by Gasteiger charge is -2.37. The van der Waals surface area contributed by atoms with Gasteiger partial charge in [-0.1, -0.05) is 32.0 Å². The molecule has 144 valence electrons. The van der Waals surface area contributed by atoms with Crippen LogP contribution in [0.4, 0.5) is 23.0 Å². The Labute approximate surface area is 158 Å². The van der Waals surface area contributed by atoms with Crippen molar-refractivity contribution in [3.05, 3.63) is 52.6 Å². The number of hydrazine groups is 1. The number of aromatic nitrogens is 1. The van der Waals surface area contributed by atoms with Gasteiger partial charge in [-0.3, -0.25) is 15.1 Å². The molecule has 0 bridgehead atoms. The molecular formula is C19H25N5O3. The molecular weight excluding hydrogens is 346 g/mol. The maximum absolute atomic E-state index is 11.7. The van der Waals surface area contributed by atoms with Crippen LogP contribution in [0.15, 0.2) is 42.5 Å². The smallest absolute Gasteiger partial charge is 0.313 e. The summed E-state index contributed by atoms with van der Waals surface area (Å²) in [6.07, 6.45) is 0. The fourth-order valence-corrected chi connectivity index (χ4v) is 2.89. The van der Waals surface area contributed by atoms with Crippen LogP contribution in [0.1, 0.15) is 13.8 Å². The van der Waals surface area contributed by atoms with Crippen LogP contribution in [0.25, 0.3) is 0 Å². The highest BCUT2D eigenvalue weighted by molar-refractivity contribution is 5.69. The van der Waals surface area contributed by atoms with Crippen molar-refractivity contribution in [2.24, 2.45) is 5.92 Å². The summed E-state index contributed by atoms with van der Waals surface area (Å²) < 4.78 is 5.45. The van der Waals surface area contributed by atoms with E-state index in [9.17, 15) is 10.1 Å². The summed E-state index contributed by atoms with van der Waals surface area (Å²) in [6, 6.07) is 12.8. The number of pyridine rings is 1. The Morgan fingerprint density at radius 2 is 1.93 bits per heavy atom. The molecule has 0 unspecified atom stereocenters. The fraction of sp³-hybridized carbons (Fsp3) is 0.421. The maximum Gasteiger partial charge on any atom is 0.313 e. The minimum absolute atomic E-state index is 0.0274. The van der Waals surface area contributed by atoms with E-state index < -0.39 is 0 Å². The molecule has 0 aliphatic carbocycles. The predicted octanol–water partition coefficient (Wildman–Crippen LogP) is 3.44. The first kappa shape index (κ1) is 19.1. The van der Waals surface area contributed by atoms with Crippen molar-refractivity contribution in [1.82, 2.24) is 9.99 Å². The third-order valence-electron chi connectivity index (χ3n) is 4.21. The molecule has 1 aromatic carbocycles. The summed E-state index contributed by atoms with van der Waals surface area (Å²) in [5.74, 6) is 1.37. The summed E-state index contributed by atoms with van der Waals surface area (Å²) >= 11 is 0. The highest BCUT2D eigenvalue weighted by Crippen LogP contribution is 2.34. The molecule has 27 heavy (non-hydrogen) atoms. The molecule has 1 aliphatic rings. The van der Waals surface area contributed by atoms with Gasteiger partial charge in [0.25, 0.3) is 0 Å². The van der Waals surface area contributed by atoms with Crippen LogP contribution in [0.5, 0.6) is 0 Å². The summed E-state index contributed by atoms with van der Waals surface area (Å²) in [5, 5.41) is 18.8. The molecule has 1 N–H and O–H groups in total. The Balaban J connectivity index is 2.05. The number of benzene rings is 1. The van der Waals surface area contributed by atoms with Crippen LogP contribution in [-0.2, 0) is 4.74 Å². The number of para-hydroxylation sites is 1. The van der Waals surface area contributed by atoms with Gasteiger partial charge in [-0.25, -0.2) is 9.99 Å². The number of ether oxygens (including phenoxy) is 1. The molecule has 8 nitrogen and oxygen atoms in total. The van der Waals surface area contributed by atoms with E-state index in [0.717, 1.165) is 12.2 Å². The average Bonchev–Trinajstić information content (AvgIpc) is 2.68. The van der Waals surface area contributed by atoms with Crippen molar-refractivity contribution >= 4 is 23.0 Å². The fourth-order valence-electron chi connectivity index (χ4n) is 2.89. The molecule has 1 fully saturated rings. The van der Waals surface area contributed by atoms with E-state index in [4.69, 9.17) is 4.74 Å². The lowest BCUT2D eigenvalue weighted by Crippen LogP contribution is -2.47. The van der Waals surface area contributed by atoms with Gasteiger partial charge in [0.05, 0.1) is 23.8 Å². The van der Waals surface area contributed by atoms with Crippen molar-refractivity contribution in [3.8, 4) is 0 Å². The van der Waals surface area contributed by atoms with Crippen molar-refractivity contribution in [3.63, 3.8) is 0 Å². The largest absolute Gasteiger partial charge is 0.379 e. The lowest BCUT2D eigenvalue weighted by molar-refractivity contribution is -0.384. The van der Waals surface area contributed by atoms with Crippen molar-refractivity contribution in [2.45, 2.75) is 13.8 Å². The molecule has 0 atom stereocenters. The van der Waals surface area contributed by atoms with Crippen molar-refractivity contribution in [1.29, 1.82) is 0 Å². The van der Waals surface area contributed by atoms with Gasteiger partial charge >= 0.3 is 5.69 Å². The van der Waals surface area contributed by atoms with Gasteiger partial charge in [-0.05, 0) is 24.1 Å². The molecule has 0 saturated carbocycles. The first-order valence-electron chi connectivity index (χ1n) is 9.13. The standard InChI is InChI=1S/C19H25N5O3/c1-15(2)14-20-18-9-8-17(24(25)26)19(21-18)23(16-6-4-3-5-7-16)22-10-12-27-13-11-22/h3-9,15H,10-14H2,1-2H3,(H,20,21). The molecule has 2 heterocycles. The Hall–Kier alpha value is -2.71. The zero-order valence-electron chi connectivity index (χ0n) is 15.7. The Morgan fingerprint density at radius 3 is 2.56 bits per heavy atom. The first-order chi connectivity index (χ1) is 13.1. The van der Waals surface area contributed by atoms with Gasteiger partial charge in [0.2, 0.25) is 5.82 Å². The Bertz CT molecular complexity index is 763. The van der Waals surface area contributed by atoms with E-state index in [0.29, 0.717) is 43.9 Å². The van der Waals surface area contributed by atoms with Gasteiger partial charge in [0.15, 0.2) is 0 Å². The van der Waals surface area contributed by atoms with E-state index >= 15 is 0 Å². The number of hydrogen-bond acceptors (Lipinski definition) is 7. The molecule has 1 saturated heterocycles. The first-order valence-corrected chi connectivity index (χ1v) is 9.13. The van der Waals surface area contributed by atoms with Crippen LogP contribution < -0.4 is 10.3 Å². The van der Waals surface area contributed by atoms with Gasteiger partial charge < -0.3 is 10.1 Å². The molecule has 1 aromatic heterocycles. The molecule has 8 heteroatoms. The number of anilines is 3. The Morgan fingerprint density at radius 1 is 1.22 bits per heavy atom. The zero-order valence-corrected chi connectivity index (χ0v) is 15.7. The molecule has 2 aromatic rings. The van der Waals surface area contributed by atoms with Crippen LogP contribution in [-0.4, -0.2) is 47.8 Å². The SMILES string of the molecule is CC(C)CNc1ccc([N+](=O)[O-])c(N(c2ccccc2)N2CCOCC2)n1. The molecule has 3 rings (SSSR count). The van der Waals surface area contributed by atoms with Crippen LogP contribution >= 0.6 is 0 Å². The quantitative estimate of drug-likeness (QED) is 0.589. The molecule has 0 spiro atoms. The summed E-state index contributed by atoms with van der Waals surface area (Å²) in [4.78, 5) is 15.9. The summed E-state index contributed by atoms with van der Waals surface area (Å²) in [5.41, 5.74) is 0.802.